The number of amides is 3. The van der Waals surface area contributed by atoms with Crippen molar-refractivity contribution in [2.75, 3.05) is 27.2 Å². The topological polar surface area (TPSA) is 84.7 Å². The van der Waals surface area contributed by atoms with Gasteiger partial charge in [0.2, 0.25) is 5.91 Å². The monoisotopic (exact) mass is 334 g/mol. The fraction of sp³-hybridized carbons (Fsp3) is 0.625. The second-order valence-corrected chi connectivity index (χ2v) is 6.23. The van der Waals surface area contributed by atoms with E-state index in [9.17, 15) is 14.4 Å². The molecule has 0 bridgehead atoms. The lowest BCUT2D eigenvalue weighted by atomic mass is 9.95. The first-order valence-electron chi connectivity index (χ1n) is 8.25. The van der Waals surface area contributed by atoms with Gasteiger partial charge in [-0.2, -0.15) is 5.10 Å². The normalized spacial score (nSPS) is 17.4. The van der Waals surface area contributed by atoms with Gasteiger partial charge in [0, 0.05) is 31.4 Å². The summed E-state index contributed by atoms with van der Waals surface area (Å²) in [5.74, 6) is -0.571. The van der Waals surface area contributed by atoms with Gasteiger partial charge in [-0.25, -0.2) is 9.59 Å². The SMILES string of the molecule is COC(=O)c1nn(CCCN2C(=O)CN(C)C2=O)c2c1CCCC2. The predicted octanol–water partition coefficient (Wildman–Crippen LogP) is 0.833. The van der Waals surface area contributed by atoms with Crippen molar-refractivity contribution >= 4 is 17.9 Å². The van der Waals surface area contributed by atoms with Gasteiger partial charge in [-0.3, -0.25) is 14.4 Å². The number of methoxy groups -OCH3 is 1. The Kier molecular flexibility index (Phi) is 4.55. The maximum atomic E-state index is 11.9. The highest BCUT2D eigenvalue weighted by atomic mass is 16.5. The number of aromatic nitrogens is 2. The van der Waals surface area contributed by atoms with Crippen molar-refractivity contribution < 1.29 is 19.1 Å². The van der Waals surface area contributed by atoms with Crippen LogP contribution in [0.2, 0.25) is 0 Å². The summed E-state index contributed by atoms with van der Waals surface area (Å²) in [6.45, 7) is 1.08. The van der Waals surface area contributed by atoms with E-state index in [4.69, 9.17) is 4.74 Å². The fourth-order valence-corrected chi connectivity index (χ4v) is 3.38. The van der Waals surface area contributed by atoms with Crippen molar-refractivity contribution in [3.63, 3.8) is 0 Å². The molecule has 1 fully saturated rings. The highest BCUT2D eigenvalue weighted by Crippen LogP contribution is 2.25. The molecule has 0 aromatic carbocycles. The number of fused-ring (bicyclic) bond motifs is 1. The van der Waals surface area contributed by atoms with Gasteiger partial charge >= 0.3 is 12.0 Å². The Balaban J connectivity index is 1.69. The highest BCUT2D eigenvalue weighted by molar-refractivity contribution is 6.01. The molecule has 2 aliphatic rings. The standard InChI is InChI=1S/C16H22N4O4/c1-18-10-13(21)19(16(18)23)8-5-9-20-12-7-4-3-6-11(12)14(17-20)15(22)24-2/h3-10H2,1-2H3. The third-order valence-electron chi connectivity index (χ3n) is 4.62. The number of likely N-dealkylation sites (N-methyl/N-ethyl adjacent to an activating group) is 1. The number of imide groups is 1. The molecule has 1 aliphatic heterocycles. The van der Waals surface area contributed by atoms with Gasteiger partial charge in [0.25, 0.3) is 0 Å². The zero-order chi connectivity index (χ0) is 17.3. The van der Waals surface area contributed by atoms with E-state index in [1.807, 2.05) is 4.68 Å². The van der Waals surface area contributed by atoms with E-state index < -0.39 is 5.97 Å². The molecule has 3 amide bonds. The molecule has 1 aromatic rings. The molecule has 2 heterocycles. The zero-order valence-corrected chi connectivity index (χ0v) is 14.1. The average Bonchev–Trinajstić information content (AvgIpc) is 3.07. The molecule has 24 heavy (non-hydrogen) atoms. The Morgan fingerprint density at radius 2 is 1.96 bits per heavy atom. The average molecular weight is 334 g/mol. The van der Waals surface area contributed by atoms with Crippen LogP contribution in [0.1, 0.15) is 41.0 Å². The molecular formula is C16H22N4O4. The molecule has 130 valence electrons. The van der Waals surface area contributed by atoms with Crippen LogP contribution in [0.25, 0.3) is 0 Å². The van der Waals surface area contributed by atoms with E-state index in [2.05, 4.69) is 5.10 Å². The van der Waals surface area contributed by atoms with Gasteiger partial charge in [-0.05, 0) is 32.1 Å². The number of rotatable bonds is 5. The molecule has 1 aliphatic carbocycles. The molecule has 8 nitrogen and oxygen atoms in total. The number of nitrogens with zero attached hydrogens (tertiary/aromatic N) is 4. The molecule has 0 radical (unpaired) electrons. The first-order valence-corrected chi connectivity index (χ1v) is 8.25. The lowest BCUT2D eigenvalue weighted by Gasteiger charge is -2.16. The molecule has 1 aromatic heterocycles. The minimum Gasteiger partial charge on any atom is -0.464 e. The first kappa shape index (κ1) is 16.5. The van der Waals surface area contributed by atoms with Crippen LogP contribution in [0.5, 0.6) is 0 Å². The van der Waals surface area contributed by atoms with E-state index in [1.165, 1.54) is 16.9 Å². The van der Waals surface area contributed by atoms with Gasteiger partial charge in [0.15, 0.2) is 5.69 Å². The summed E-state index contributed by atoms with van der Waals surface area (Å²) in [6.07, 6.45) is 4.47. The van der Waals surface area contributed by atoms with Crippen LogP contribution in [0, 0.1) is 0 Å². The van der Waals surface area contributed by atoms with Gasteiger partial charge in [-0.1, -0.05) is 0 Å². The first-order chi connectivity index (χ1) is 11.5. The van der Waals surface area contributed by atoms with Gasteiger partial charge in [-0.15, -0.1) is 0 Å². The van der Waals surface area contributed by atoms with Gasteiger partial charge in [0.05, 0.1) is 7.11 Å². The van der Waals surface area contributed by atoms with Crippen molar-refractivity contribution in [3.05, 3.63) is 17.0 Å². The number of hydrogen-bond donors (Lipinski definition) is 0. The van der Waals surface area contributed by atoms with E-state index in [1.54, 1.807) is 7.05 Å². The summed E-state index contributed by atoms with van der Waals surface area (Å²) in [6, 6.07) is -0.252. The van der Waals surface area contributed by atoms with Crippen LogP contribution in [-0.4, -0.2) is 64.7 Å². The predicted molar refractivity (Wildman–Crippen MR) is 84.6 cm³/mol. The summed E-state index contributed by atoms with van der Waals surface area (Å²) in [5.41, 5.74) is 2.47. The number of aryl methyl sites for hydroxylation is 1. The van der Waals surface area contributed by atoms with Crippen LogP contribution < -0.4 is 0 Å². The Morgan fingerprint density at radius 3 is 2.62 bits per heavy atom. The molecule has 0 spiro atoms. The summed E-state index contributed by atoms with van der Waals surface area (Å²) >= 11 is 0. The van der Waals surface area contributed by atoms with Crippen LogP contribution >= 0.6 is 0 Å². The number of ether oxygens (including phenoxy) is 1. The number of carbonyl (C=O) groups is 3. The highest BCUT2D eigenvalue weighted by Gasteiger charge is 2.33. The smallest absolute Gasteiger partial charge is 0.358 e. The Labute approximate surface area is 140 Å². The molecule has 0 N–H and O–H groups in total. The number of esters is 1. The Morgan fingerprint density at radius 1 is 1.21 bits per heavy atom. The molecule has 8 heteroatoms. The molecule has 3 rings (SSSR count). The lowest BCUT2D eigenvalue weighted by Crippen LogP contribution is -2.33. The van der Waals surface area contributed by atoms with Crippen molar-refractivity contribution in [3.8, 4) is 0 Å². The second kappa shape index (κ2) is 6.62. The maximum Gasteiger partial charge on any atom is 0.358 e. The molecule has 0 unspecified atom stereocenters. The molecule has 0 saturated carbocycles. The van der Waals surface area contributed by atoms with Gasteiger partial charge < -0.3 is 9.64 Å². The second-order valence-electron chi connectivity index (χ2n) is 6.23. The van der Waals surface area contributed by atoms with Crippen LogP contribution in [-0.2, 0) is 28.9 Å². The third-order valence-corrected chi connectivity index (χ3v) is 4.62. The minimum absolute atomic E-state index is 0.141. The van der Waals surface area contributed by atoms with E-state index in [-0.39, 0.29) is 18.5 Å². The largest absolute Gasteiger partial charge is 0.464 e. The quantitative estimate of drug-likeness (QED) is 0.588. The van der Waals surface area contributed by atoms with E-state index in [0.717, 1.165) is 36.9 Å². The Bertz CT molecular complexity index is 682. The zero-order valence-electron chi connectivity index (χ0n) is 14.1. The van der Waals surface area contributed by atoms with Gasteiger partial charge in [0.1, 0.15) is 6.54 Å². The van der Waals surface area contributed by atoms with Crippen molar-refractivity contribution in [2.24, 2.45) is 0 Å². The molecule has 0 atom stereocenters. The summed E-state index contributed by atoms with van der Waals surface area (Å²) in [4.78, 5) is 38.2. The number of hydrogen-bond acceptors (Lipinski definition) is 5. The maximum absolute atomic E-state index is 11.9. The fourth-order valence-electron chi connectivity index (χ4n) is 3.38. The third kappa shape index (κ3) is 2.88. The van der Waals surface area contributed by atoms with Crippen molar-refractivity contribution in [2.45, 2.75) is 38.6 Å². The van der Waals surface area contributed by atoms with E-state index >= 15 is 0 Å². The van der Waals surface area contributed by atoms with Crippen molar-refractivity contribution in [1.29, 1.82) is 0 Å². The minimum atomic E-state index is -0.404. The van der Waals surface area contributed by atoms with Crippen LogP contribution in [0.3, 0.4) is 0 Å². The van der Waals surface area contributed by atoms with Crippen molar-refractivity contribution in [1.82, 2.24) is 19.6 Å². The Hall–Kier alpha value is -2.38. The summed E-state index contributed by atoms with van der Waals surface area (Å²) < 4.78 is 6.67. The summed E-state index contributed by atoms with van der Waals surface area (Å²) in [7, 11) is 2.98. The summed E-state index contributed by atoms with van der Waals surface area (Å²) in [5, 5.41) is 4.42. The van der Waals surface area contributed by atoms with Crippen LogP contribution in [0.15, 0.2) is 0 Å². The molecular weight excluding hydrogens is 312 g/mol. The van der Waals surface area contributed by atoms with Crippen LogP contribution in [0.4, 0.5) is 4.79 Å². The van der Waals surface area contributed by atoms with E-state index in [0.29, 0.717) is 25.2 Å². The number of urea groups is 1. The number of carbonyl (C=O) groups excluding carboxylic acids is 3. The molecule has 1 saturated heterocycles. The lowest BCUT2D eigenvalue weighted by molar-refractivity contribution is -0.125.